The maximum absolute atomic E-state index is 12.4. The minimum Gasteiger partial charge on any atom is -0.504 e. The van der Waals surface area contributed by atoms with Gasteiger partial charge in [0.25, 0.3) is 0 Å². The summed E-state index contributed by atoms with van der Waals surface area (Å²) < 4.78 is 27.2. The van der Waals surface area contributed by atoms with E-state index in [0.717, 1.165) is 0 Å². The lowest BCUT2D eigenvalue weighted by atomic mass is 10.1. The molecule has 0 aliphatic rings. The van der Waals surface area contributed by atoms with Gasteiger partial charge < -0.3 is 15.5 Å². The molecule has 0 unspecified atom stereocenters. The smallest absolute Gasteiger partial charge is 0.244 e. The average molecular weight is 330 g/mol. The molecule has 0 aliphatic carbocycles. The van der Waals surface area contributed by atoms with Crippen molar-refractivity contribution in [3.05, 3.63) is 17.7 Å². The molecule has 0 heterocycles. The summed E-state index contributed by atoms with van der Waals surface area (Å²) in [4.78, 5) is -0.326. The molecule has 4 N–H and O–H groups in total. The molecule has 0 aliphatic heterocycles. The second-order valence-electron chi connectivity index (χ2n) is 7.42. The predicted octanol–water partition coefficient (Wildman–Crippen LogP) is 2.06. The number of rotatable bonds is 4. The highest BCUT2D eigenvalue weighted by Gasteiger charge is 2.27. The van der Waals surface area contributed by atoms with Crippen molar-refractivity contribution in [2.75, 3.05) is 0 Å². The molecule has 0 fully saturated rings. The van der Waals surface area contributed by atoms with Crippen molar-refractivity contribution in [1.82, 2.24) is 10.0 Å². The van der Waals surface area contributed by atoms with Gasteiger partial charge in [-0.25, -0.2) is 13.1 Å². The van der Waals surface area contributed by atoms with E-state index in [2.05, 4.69) is 10.0 Å². The van der Waals surface area contributed by atoms with Gasteiger partial charge in [0.15, 0.2) is 11.5 Å². The van der Waals surface area contributed by atoms with E-state index in [1.807, 2.05) is 20.8 Å². The van der Waals surface area contributed by atoms with E-state index in [1.165, 1.54) is 12.1 Å². The molecule has 6 nitrogen and oxygen atoms in total. The van der Waals surface area contributed by atoms with Gasteiger partial charge in [0.05, 0.1) is 0 Å². The van der Waals surface area contributed by atoms with E-state index < -0.39 is 27.1 Å². The fourth-order valence-corrected chi connectivity index (χ4v) is 3.36. The van der Waals surface area contributed by atoms with Gasteiger partial charge in [-0.2, -0.15) is 0 Å². The zero-order chi connectivity index (χ0) is 17.3. The molecule has 7 heteroatoms. The van der Waals surface area contributed by atoms with Gasteiger partial charge in [-0.1, -0.05) is 0 Å². The molecule has 0 aromatic heterocycles. The van der Waals surface area contributed by atoms with Gasteiger partial charge in [-0.3, -0.25) is 0 Å². The number of aromatic hydroxyl groups is 2. The Labute approximate surface area is 132 Å². The summed E-state index contributed by atoms with van der Waals surface area (Å²) in [6.45, 7) is 11.4. The van der Waals surface area contributed by atoms with E-state index in [9.17, 15) is 18.6 Å². The molecule has 0 atom stereocenters. The Balaban J connectivity index is 3.23. The van der Waals surface area contributed by atoms with Crippen molar-refractivity contribution >= 4 is 10.0 Å². The van der Waals surface area contributed by atoms with Crippen LogP contribution < -0.4 is 10.0 Å². The first-order valence-corrected chi connectivity index (χ1v) is 8.53. The number of phenolic OH excluding ortho intramolecular Hbond substituents is 2. The first-order valence-electron chi connectivity index (χ1n) is 7.05. The topological polar surface area (TPSA) is 98.7 Å². The highest BCUT2D eigenvalue weighted by molar-refractivity contribution is 7.89. The number of benzene rings is 1. The minimum atomic E-state index is -3.94. The molecule has 0 radical (unpaired) electrons. The van der Waals surface area contributed by atoms with Gasteiger partial charge in [-0.15, -0.1) is 0 Å². The minimum absolute atomic E-state index is 0.157. The molecule has 0 bridgehead atoms. The molecule has 0 saturated heterocycles. The SMILES string of the molecule is CC(C)(C)NCc1cc(O)c(O)c(S(=O)(=O)NC(C)(C)C)c1. The molecule has 1 rings (SSSR count). The fraction of sp³-hybridized carbons (Fsp3) is 0.600. The van der Waals surface area contributed by atoms with E-state index >= 15 is 0 Å². The maximum atomic E-state index is 12.4. The molecular formula is C15H26N2O4S. The Morgan fingerprint density at radius 3 is 2.00 bits per heavy atom. The zero-order valence-electron chi connectivity index (χ0n) is 14.0. The Morgan fingerprint density at radius 1 is 1.00 bits per heavy atom. The molecular weight excluding hydrogens is 304 g/mol. The van der Waals surface area contributed by atoms with Crippen molar-refractivity contribution in [3.8, 4) is 11.5 Å². The molecule has 0 spiro atoms. The predicted molar refractivity (Wildman–Crippen MR) is 86.4 cm³/mol. The molecule has 0 amide bonds. The molecule has 1 aromatic carbocycles. The Kier molecular flexibility index (Phi) is 5.16. The molecule has 0 saturated carbocycles. The van der Waals surface area contributed by atoms with Crippen molar-refractivity contribution in [2.24, 2.45) is 0 Å². The third-order valence-electron chi connectivity index (χ3n) is 2.67. The van der Waals surface area contributed by atoms with Crippen molar-refractivity contribution in [1.29, 1.82) is 0 Å². The molecule has 126 valence electrons. The number of phenols is 2. The van der Waals surface area contributed by atoms with Crippen LogP contribution in [0, 0.1) is 0 Å². The summed E-state index contributed by atoms with van der Waals surface area (Å²) in [5.74, 6) is -1.10. The van der Waals surface area contributed by atoms with Gasteiger partial charge in [0, 0.05) is 17.6 Å². The largest absolute Gasteiger partial charge is 0.504 e. The van der Waals surface area contributed by atoms with Crippen LogP contribution in [0.1, 0.15) is 47.1 Å². The van der Waals surface area contributed by atoms with Gasteiger partial charge >= 0.3 is 0 Å². The lowest BCUT2D eigenvalue weighted by Crippen LogP contribution is -2.40. The summed E-state index contributed by atoms with van der Waals surface area (Å²) >= 11 is 0. The maximum Gasteiger partial charge on any atom is 0.244 e. The molecule has 22 heavy (non-hydrogen) atoms. The number of hydrogen-bond acceptors (Lipinski definition) is 5. The van der Waals surface area contributed by atoms with Gasteiger partial charge in [-0.05, 0) is 59.2 Å². The van der Waals surface area contributed by atoms with E-state index in [0.29, 0.717) is 12.1 Å². The van der Waals surface area contributed by atoms with E-state index in [1.54, 1.807) is 20.8 Å². The normalized spacial score (nSPS) is 13.4. The monoisotopic (exact) mass is 330 g/mol. The Morgan fingerprint density at radius 2 is 1.55 bits per heavy atom. The average Bonchev–Trinajstić information content (AvgIpc) is 2.26. The highest BCUT2D eigenvalue weighted by Crippen LogP contribution is 2.34. The summed E-state index contributed by atoms with van der Waals surface area (Å²) in [6.07, 6.45) is 0. The Bertz CT molecular complexity index is 641. The van der Waals surface area contributed by atoms with Crippen molar-refractivity contribution in [3.63, 3.8) is 0 Å². The van der Waals surface area contributed by atoms with E-state index in [-0.39, 0.29) is 10.4 Å². The number of sulfonamides is 1. The van der Waals surface area contributed by atoms with Gasteiger partial charge in [0.2, 0.25) is 10.0 Å². The van der Waals surface area contributed by atoms with Crippen LogP contribution in [0.5, 0.6) is 11.5 Å². The third kappa shape index (κ3) is 5.47. The third-order valence-corrected chi connectivity index (χ3v) is 4.44. The standard InChI is InChI=1S/C15H26N2O4S/c1-14(2,3)16-9-10-7-11(18)13(19)12(8-10)22(20,21)17-15(4,5)6/h7-8,16-19H,9H2,1-6H3. The summed E-state index contributed by atoms with van der Waals surface area (Å²) in [5, 5.41) is 22.9. The summed E-state index contributed by atoms with van der Waals surface area (Å²) in [7, 11) is -3.94. The first kappa shape index (κ1) is 18.7. The van der Waals surface area contributed by atoms with Crippen LogP contribution in [0.4, 0.5) is 0 Å². The van der Waals surface area contributed by atoms with Crippen LogP contribution in [-0.2, 0) is 16.6 Å². The first-order chi connectivity index (χ1) is 9.71. The highest BCUT2D eigenvalue weighted by atomic mass is 32.2. The lowest BCUT2D eigenvalue weighted by molar-refractivity contribution is 0.388. The van der Waals surface area contributed by atoms with Crippen LogP contribution in [0.25, 0.3) is 0 Å². The second kappa shape index (κ2) is 6.06. The van der Waals surface area contributed by atoms with Gasteiger partial charge in [0.1, 0.15) is 4.90 Å². The summed E-state index contributed by atoms with van der Waals surface area (Å²) in [5.41, 5.74) is -0.281. The molecule has 1 aromatic rings. The van der Waals surface area contributed by atoms with Crippen LogP contribution in [0.15, 0.2) is 17.0 Å². The fourth-order valence-electron chi connectivity index (χ4n) is 1.78. The van der Waals surface area contributed by atoms with Crippen LogP contribution in [-0.4, -0.2) is 29.7 Å². The van der Waals surface area contributed by atoms with Crippen LogP contribution in [0.2, 0.25) is 0 Å². The van der Waals surface area contributed by atoms with Crippen LogP contribution >= 0.6 is 0 Å². The van der Waals surface area contributed by atoms with Crippen LogP contribution in [0.3, 0.4) is 0 Å². The zero-order valence-corrected chi connectivity index (χ0v) is 14.8. The Hall–Kier alpha value is -1.31. The number of nitrogens with one attached hydrogen (secondary N) is 2. The lowest BCUT2D eigenvalue weighted by Gasteiger charge is -2.22. The van der Waals surface area contributed by atoms with Crippen molar-refractivity contribution < 1.29 is 18.6 Å². The van der Waals surface area contributed by atoms with Crippen molar-refractivity contribution in [2.45, 2.75) is 64.1 Å². The second-order valence-corrected chi connectivity index (χ2v) is 9.07. The quantitative estimate of drug-likeness (QED) is 0.634. The number of hydrogen-bond donors (Lipinski definition) is 4. The summed E-state index contributed by atoms with van der Waals surface area (Å²) in [6, 6.07) is 2.71. The van der Waals surface area contributed by atoms with E-state index in [4.69, 9.17) is 0 Å².